The van der Waals surface area contributed by atoms with Crippen molar-refractivity contribution in [3.05, 3.63) is 42.1 Å². The van der Waals surface area contributed by atoms with E-state index in [0.29, 0.717) is 11.5 Å². The Morgan fingerprint density at radius 1 is 1.16 bits per heavy atom. The summed E-state index contributed by atoms with van der Waals surface area (Å²) in [5, 5.41) is 3.20. The molecule has 0 atom stereocenters. The van der Waals surface area contributed by atoms with E-state index in [0.717, 1.165) is 30.2 Å². The third-order valence-electron chi connectivity index (χ3n) is 2.66. The third kappa shape index (κ3) is 3.61. The lowest BCUT2D eigenvalue weighted by molar-refractivity contribution is 0.317. The summed E-state index contributed by atoms with van der Waals surface area (Å²) in [6, 6.07) is 11.5. The van der Waals surface area contributed by atoms with Crippen molar-refractivity contribution in [2.45, 2.75) is 20.3 Å². The lowest BCUT2D eigenvalue weighted by Gasteiger charge is -2.10. The predicted octanol–water partition coefficient (Wildman–Crippen LogP) is 3.50. The predicted molar refractivity (Wildman–Crippen MR) is 78.9 cm³/mol. The molecule has 0 radical (unpaired) electrons. The molecule has 4 nitrogen and oxygen atoms in total. The topological polar surface area (TPSA) is 60.2 Å². The number of rotatable bonds is 5. The van der Waals surface area contributed by atoms with Gasteiger partial charge in [-0.1, -0.05) is 6.92 Å². The maximum absolute atomic E-state index is 5.88. The number of anilines is 3. The first kappa shape index (κ1) is 13.2. The van der Waals surface area contributed by atoms with Crippen LogP contribution in [0.25, 0.3) is 0 Å². The van der Waals surface area contributed by atoms with Crippen molar-refractivity contribution in [2.24, 2.45) is 0 Å². The fourth-order valence-electron chi connectivity index (χ4n) is 1.66. The smallest absolute Gasteiger partial charge is 0.153 e. The highest BCUT2D eigenvalue weighted by molar-refractivity contribution is 5.68. The molecule has 1 heterocycles. The standard InChI is InChI=1S/C15H19N3O/c1-3-10-19-13-7-5-12(6-8-13)18-15-14(16)9-4-11(2)17-15/h4-9H,3,10,16H2,1-2H3,(H,17,18). The average molecular weight is 257 g/mol. The lowest BCUT2D eigenvalue weighted by atomic mass is 10.3. The van der Waals surface area contributed by atoms with E-state index in [4.69, 9.17) is 10.5 Å². The van der Waals surface area contributed by atoms with Crippen LogP contribution in [0.15, 0.2) is 36.4 Å². The second-order valence-corrected chi connectivity index (χ2v) is 4.39. The van der Waals surface area contributed by atoms with Gasteiger partial charge in [0.15, 0.2) is 5.82 Å². The molecule has 0 saturated heterocycles. The summed E-state index contributed by atoms with van der Waals surface area (Å²) in [6.45, 7) is 4.76. The lowest BCUT2D eigenvalue weighted by Crippen LogP contribution is -2.00. The highest BCUT2D eigenvalue weighted by atomic mass is 16.5. The highest BCUT2D eigenvalue weighted by Crippen LogP contribution is 2.23. The number of hydrogen-bond acceptors (Lipinski definition) is 4. The first-order valence-corrected chi connectivity index (χ1v) is 6.42. The number of ether oxygens (including phenoxy) is 1. The van der Waals surface area contributed by atoms with Crippen molar-refractivity contribution in [1.29, 1.82) is 0 Å². The number of benzene rings is 1. The van der Waals surface area contributed by atoms with E-state index in [9.17, 15) is 0 Å². The molecule has 0 amide bonds. The van der Waals surface area contributed by atoms with Gasteiger partial charge >= 0.3 is 0 Å². The number of hydrogen-bond donors (Lipinski definition) is 2. The Bertz CT molecular complexity index is 538. The second-order valence-electron chi connectivity index (χ2n) is 4.39. The van der Waals surface area contributed by atoms with Gasteiger partial charge in [-0.25, -0.2) is 4.98 Å². The minimum Gasteiger partial charge on any atom is -0.494 e. The Morgan fingerprint density at radius 2 is 1.89 bits per heavy atom. The van der Waals surface area contributed by atoms with Crippen molar-refractivity contribution >= 4 is 17.2 Å². The van der Waals surface area contributed by atoms with E-state index in [1.54, 1.807) is 0 Å². The molecule has 1 aromatic carbocycles. The Morgan fingerprint density at radius 3 is 2.58 bits per heavy atom. The van der Waals surface area contributed by atoms with Crippen LogP contribution in [-0.4, -0.2) is 11.6 Å². The first-order valence-electron chi connectivity index (χ1n) is 6.42. The van der Waals surface area contributed by atoms with E-state index in [2.05, 4.69) is 17.2 Å². The van der Waals surface area contributed by atoms with Crippen molar-refractivity contribution in [3.8, 4) is 5.75 Å². The van der Waals surface area contributed by atoms with Gasteiger partial charge in [0.2, 0.25) is 0 Å². The van der Waals surface area contributed by atoms with Crippen LogP contribution in [0.4, 0.5) is 17.2 Å². The van der Waals surface area contributed by atoms with Gasteiger partial charge in [-0.2, -0.15) is 0 Å². The van der Waals surface area contributed by atoms with E-state index in [1.807, 2.05) is 43.3 Å². The average Bonchev–Trinajstić information content (AvgIpc) is 2.42. The minimum atomic E-state index is 0.636. The molecular weight excluding hydrogens is 238 g/mol. The van der Waals surface area contributed by atoms with Gasteiger partial charge in [-0.15, -0.1) is 0 Å². The highest BCUT2D eigenvalue weighted by Gasteiger charge is 2.02. The fourth-order valence-corrected chi connectivity index (χ4v) is 1.66. The molecule has 0 fully saturated rings. The summed E-state index contributed by atoms with van der Waals surface area (Å²) in [5.41, 5.74) is 8.39. The third-order valence-corrected chi connectivity index (χ3v) is 2.66. The molecule has 0 aliphatic carbocycles. The molecule has 0 unspecified atom stereocenters. The van der Waals surface area contributed by atoms with Gasteiger partial charge in [0, 0.05) is 11.4 Å². The van der Waals surface area contributed by atoms with Gasteiger partial charge in [0.1, 0.15) is 5.75 Å². The number of nitrogen functional groups attached to an aromatic ring is 1. The van der Waals surface area contributed by atoms with Gasteiger partial charge in [0.05, 0.1) is 12.3 Å². The molecule has 2 rings (SSSR count). The van der Waals surface area contributed by atoms with E-state index in [1.165, 1.54) is 0 Å². The van der Waals surface area contributed by atoms with Crippen LogP contribution in [0.1, 0.15) is 19.0 Å². The van der Waals surface area contributed by atoms with Crippen molar-refractivity contribution < 1.29 is 4.74 Å². The van der Waals surface area contributed by atoms with Gasteiger partial charge < -0.3 is 15.8 Å². The zero-order chi connectivity index (χ0) is 13.7. The Balaban J connectivity index is 2.08. The Kier molecular flexibility index (Phi) is 4.23. The van der Waals surface area contributed by atoms with Crippen LogP contribution in [0, 0.1) is 6.92 Å². The molecule has 0 bridgehead atoms. The molecule has 100 valence electrons. The largest absolute Gasteiger partial charge is 0.494 e. The van der Waals surface area contributed by atoms with Gasteiger partial charge in [0.25, 0.3) is 0 Å². The number of nitrogens with one attached hydrogen (secondary N) is 1. The zero-order valence-electron chi connectivity index (χ0n) is 11.3. The van der Waals surface area contributed by atoms with E-state index < -0.39 is 0 Å². The van der Waals surface area contributed by atoms with Crippen LogP contribution in [0.5, 0.6) is 5.75 Å². The molecule has 0 aliphatic heterocycles. The molecule has 1 aromatic heterocycles. The minimum absolute atomic E-state index is 0.636. The number of aromatic nitrogens is 1. The van der Waals surface area contributed by atoms with Crippen molar-refractivity contribution in [1.82, 2.24) is 4.98 Å². The van der Waals surface area contributed by atoms with Gasteiger partial charge in [-0.3, -0.25) is 0 Å². The normalized spacial score (nSPS) is 10.2. The summed E-state index contributed by atoms with van der Waals surface area (Å²) < 4.78 is 5.54. The molecule has 3 N–H and O–H groups in total. The number of nitrogens with two attached hydrogens (primary N) is 1. The monoisotopic (exact) mass is 257 g/mol. The second kappa shape index (κ2) is 6.09. The summed E-state index contributed by atoms with van der Waals surface area (Å²) in [4.78, 5) is 4.37. The zero-order valence-corrected chi connectivity index (χ0v) is 11.3. The summed E-state index contributed by atoms with van der Waals surface area (Å²) in [6.07, 6.45) is 1.00. The van der Waals surface area contributed by atoms with Crippen LogP contribution < -0.4 is 15.8 Å². The summed E-state index contributed by atoms with van der Waals surface area (Å²) in [7, 11) is 0. The summed E-state index contributed by atoms with van der Waals surface area (Å²) >= 11 is 0. The van der Waals surface area contributed by atoms with Crippen molar-refractivity contribution in [2.75, 3.05) is 17.7 Å². The fraction of sp³-hybridized carbons (Fsp3) is 0.267. The quantitative estimate of drug-likeness (QED) is 0.860. The van der Waals surface area contributed by atoms with Crippen LogP contribution in [0.2, 0.25) is 0 Å². The molecule has 0 saturated carbocycles. The molecule has 2 aromatic rings. The maximum atomic E-state index is 5.88. The first-order chi connectivity index (χ1) is 9.19. The molecule has 4 heteroatoms. The summed E-state index contributed by atoms with van der Waals surface area (Å²) in [5.74, 6) is 1.56. The van der Waals surface area contributed by atoms with Gasteiger partial charge in [-0.05, 0) is 49.7 Å². The van der Waals surface area contributed by atoms with Crippen molar-refractivity contribution in [3.63, 3.8) is 0 Å². The van der Waals surface area contributed by atoms with E-state index in [-0.39, 0.29) is 0 Å². The Hall–Kier alpha value is -2.23. The molecule has 19 heavy (non-hydrogen) atoms. The number of pyridine rings is 1. The van der Waals surface area contributed by atoms with E-state index >= 15 is 0 Å². The molecule has 0 aliphatic rings. The number of nitrogens with zero attached hydrogens (tertiary/aromatic N) is 1. The molecular formula is C15H19N3O. The van der Waals surface area contributed by atoms with Crippen LogP contribution in [0.3, 0.4) is 0 Å². The molecule has 0 spiro atoms. The SMILES string of the molecule is CCCOc1ccc(Nc2nc(C)ccc2N)cc1. The number of aryl methyl sites for hydroxylation is 1. The van der Waals surface area contributed by atoms with Crippen LogP contribution >= 0.6 is 0 Å². The Labute approximate surface area is 113 Å². The van der Waals surface area contributed by atoms with Crippen LogP contribution in [-0.2, 0) is 0 Å². The maximum Gasteiger partial charge on any atom is 0.153 e.